The van der Waals surface area contributed by atoms with Crippen molar-refractivity contribution < 1.29 is 17.4 Å². The Morgan fingerprint density at radius 3 is 2.78 bits per heavy atom. The van der Waals surface area contributed by atoms with Crippen LogP contribution in [0.3, 0.4) is 0 Å². The highest BCUT2D eigenvalue weighted by Crippen LogP contribution is 2.57. The number of hydrogen-bond acceptors (Lipinski definition) is 5. The van der Waals surface area contributed by atoms with Crippen LogP contribution in [0.15, 0.2) is 33.6 Å². The SMILES string of the molecule is CC[C@@]12C=C(c3nc(C)c(C)o3)n3c4c(c5ccc(S(=O)(=O)O)cc53)CCN(CCC1)[C@H]42. The first-order chi connectivity index (χ1) is 15.2. The molecule has 0 unspecified atom stereocenters. The van der Waals surface area contributed by atoms with Crippen LogP contribution in [0.25, 0.3) is 16.6 Å². The molecular formula is C24H27N3O4S. The molecule has 1 saturated heterocycles. The average Bonchev–Trinajstić information content (AvgIpc) is 3.28. The highest BCUT2D eigenvalue weighted by atomic mass is 32.2. The fourth-order valence-electron chi connectivity index (χ4n) is 6.21. The van der Waals surface area contributed by atoms with Crippen molar-refractivity contribution in [2.45, 2.75) is 57.4 Å². The maximum atomic E-state index is 11.9. The molecule has 3 aliphatic heterocycles. The Labute approximate surface area is 187 Å². The number of piperidine rings is 1. The van der Waals surface area contributed by atoms with Crippen LogP contribution in [0.1, 0.15) is 60.8 Å². The number of rotatable bonds is 3. The van der Waals surface area contributed by atoms with E-state index in [0.717, 1.165) is 66.8 Å². The topological polar surface area (TPSA) is 88.6 Å². The fraction of sp³-hybridized carbons (Fsp3) is 0.458. The van der Waals surface area contributed by atoms with Crippen LogP contribution in [-0.4, -0.2) is 40.5 Å². The maximum absolute atomic E-state index is 11.9. The number of aromatic nitrogens is 2. The molecule has 3 aromatic rings. The molecule has 0 bridgehead atoms. The molecule has 5 heterocycles. The number of oxazole rings is 1. The molecule has 1 fully saturated rings. The van der Waals surface area contributed by atoms with Crippen molar-refractivity contribution in [1.29, 1.82) is 0 Å². The van der Waals surface area contributed by atoms with Gasteiger partial charge in [-0.05, 0) is 69.8 Å². The summed E-state index contributed by atoms with van der Waals surface area (Å²) >= 11 is 0. The molecule has 0 saturated carbocycles. The number of benzene rings is 1. The fourth-order valence-corrected chi connectivity index (χ4v) is 6.71. The van der Waals surface area contributed by atoms with Crippen LogP contribution in [0, 0.1) is 19.3 Å². The minimum absolute atomic E-state index is 0.0186. The summed E-state index contributed by atoms with van der Waals surface area (Å²) in [6, 6.07) is 5.18. The zero-order valence-corrected chi connectivity index (χ0v) is 19.4. The quantitative estimate of drug-likeness (QED) is 0.588. The average molecular weight is 454 g/mol. The second-order valence-corrected chi connectivity index (χ2v) is 10.8. The molecule has 0 spiro atoms. The zero-order chi connectivity index (χ0) is 22.4. The molecule has 0 aliphatic carbocycles. The van der Waals surface area contributed by atoms with Crippen LogP contribution < -0.4 is 0 Å². The molecule has 2 atom stereocenters. The number of fused-ring (bicyclic) bond motifs is 3. The summed E-state index contributed by atoms with van der Waals surface area (Å²) in [7, 11) is -4.31. The first kappa shape index (κ1) is 20.2. The Morgan fingerprint density at radius 1 is 1.28 bits per heavy atom. The molecule has 32 heavy (non-hydrogen) atoms. The molecule has 1 N–H and O–H groups in total. The largest absolute Gasteiger partial charge is 0.440 e. The lowest BCUT2D eigenvalue weighted by atomic mass is 9.66. The minimum atomic E-state index is -4.31. The van der Waals surface area contributed by atoms with Gasteiger partial charge in [-0.2, -0.15) is 8.42 Å². The maximum Gasteiger partial charge on any atom is 0.294 e. The molecule has 1 aromatic carbocycles. The van der Waals surface area contributed by atoms with Crippen LogP contribution in [0.5, 0.6) is 0 Å². The van der Waals surface area contributed by atoms with Crippen LogP contribution in [-0.2, 0) is 16.5 Å². The van der Waals surface area contributed by atoms with Gasteiger partial charge in [0.2, 0.25) is 5.89 Å². The summed E-state index contributed by atoms with van der Waals surface area (Å²) in [5, 5.41) is 1.04. The van der Waals surface area contributed by atoms with Gasteiger partial charge in [0.05, 0.1) is 22.1 Å². The second-order valence-electron chi connectivity index (χ2n) is 9.42. The van der Waals surface area contributed by atoms with Crippen LogP contribution >= 0.6 is 0 Å². The number of aryl methyl sites for hydroxylation is 2. The third-order valence-corrected chi connectivity index (χ3v) is 8.71. The van der Waals surface area contributed by atoms with Crippen molar-refractivity contribution in [3.05, 3.63) is 52.9 Å². The molecule has 6 rings (SSSR count). The smallest absolute Gasteiger partial charge is 0.294 e. The summed E-state index contributed by atoms with van der Waals surface area (Å²) in [4.78, 5) is 7.22. The minimum Gasteiger partial charge on any atom is -0.440 e. The van der Waals surface area contributed by atoms with E-state index in [-0.39, 0.29) is 16.4 Å². The predicted octanol–water partition coefficient (Wildman–Crippen LogP) is 4.49. The Bertz CT molecular complexity index is 1400. The highest BCUT2D eigenvalue weighted by Gasteiger charge is 2.51. The van der Waals surface area contributed by atoms with E-state index in [2.05, 4.69) is 22.5 Å². The van der Waals surface area contributed by atoms with Gasteiger partial charge in [0.1, 0.15) is 11.5 Å². The van der Waals surface area contributed by atoms with Crippen LogP contribution in [0.2, 0.25) is 0 Å². The van der Waals surface area contributed by atoms with Gasteiger partial charge in [0.15, 0.2) is 0 Å². The van der Waals surface area contributed by atoms with Crippen molar-refractivity contribution in [1.82, 2.24) is 14.5 Å². The van der Waals surface area contributed by atoms with E-state index in [1.165, 1.54) is 17.3 Å². The molecule has 0 amide bonds. The Kier molecular flexibility index (Phi) is 4.14. The van der Waals surface area contributed by atoms with Crippen molar-refractivity contribution in [3.63, 3.8) is 0 Å². The standard InChI is InChI=1S/C24H27N3O4S/c1-4-24-9-5-10-26-11-8-18-17-7-6-16(32(28,29)30)12-19(17)27(21(18)22(24)26)20(13-24)23-25-14(2)15(3)31-23/h6-7,12-13,22H,4-5,8-11H2,1-3H3,(H,28,29,30)/t22-,24+/m1/s1. The summed E-state index contributed by atoms with van der Waals surface area (Å²) in [6.45, 7) is 8.18. The van der Waals surface area contributed by atoms with Crippen molar-refractivity contribution in [2.24, 2.45) is 5.41 Å². The summed E-state index contributed by atoms with van der Waals surface area (Å²) in [6.07, 6.45) is 6.51. The predicted molar refractivity (Wildman–Crippen MR) is 121 cm³/mol. The lowest BCUT2D eigenvalue weighted by Gasteiger charge is -2.53. The summed E-state index contributed by atoms with van der Waals surface area (Å²) < 4.78 is 41.9. The third kappa shape index (κ3) is 2.60. The van der Waals surface area contributed by atoms with Crippen LogP contribution in [0.4, 0.5) is 0 Å². The highest BCUT2D eigenvalue weighted by molar-refractivity contribution is 7.85. The molecule has 168 valence electrons. The Hall–Kier alpha value is -2.42. The lowest BCUT2D eigenvalue weighted by molar-refractivity contribution is 0.0269. The summed E-state index contributed by atoms with van der Waals surface area (Å²) in [5.74, 6) is 1.34. The summed E-state index contributed by atoms with van der Waals surface area (Å²) in [5.41, 5.74) is 4.99. The monoisotopic (exact) mass is 453 g/mol. The molecule has 0 radical (unpaired) electrons. The van der Waals surface area contributed by atoms with Gasteiger partial charge in [-0.15, -0.1) is 0 Å². The van der Waals surface area contributed by atoms with Gasteiger partial charge >= 0.3 is 0 Å². The van der Waals surface area contributed by atoms with Gasteiger partial charge in [0.25, 0.3) is 10.1 Å². The molecule has 2 aromatic heterocycles. The van der Waals surface area contributed by atoms with E-state index in [4.69, 9.17) is 9.40 Å². The van der Waals surface area contributed by atoms with E-state index in [0.29, 0.717) is 5.89 Å². The van der Waals surface area contributed by atoms with Crippen molar-refractivity contribution in [3.8, 4) is 0 Å². The van der Waals surface area contributed by atoms with E-state index >= 15 is 0 Å². The van der Waals surface area contributed by atoms with E-state index in [1.807, 2.05) is 19.9 Å². The van der Waals surface area contributed by atoms with Gasteiger partial charge < -0.3 is 8.98 Å². The number of nitrogens with zero attached hydrogens (tertiary/aromatic N) is 3. The Balaban J connectivity index is 1.74. The Morgan fingerprint density at radius 2 is 2.09 bits per heavy atom. The van der Waals surface area contributed by atoms with Gasteiger partial charge in [-0.25, -0.2) is 4.98 Å². The van der Waals surface area contributed by atoms with Gasteiger partial charge in [-0.1, -0.05) is 13.0 Å². The second kappa shape index (κ2) is 6.56. The first-order valence-corrected chi connectivity index (χ1v) is 12.7. The third-order valence-electron chi connectivity index (χ3n) is 7.86. The van der Waals surface area contributed by atoms with E-state index < -0.39 is 10.1 Å². The first-order valence-electron chi connectivity index (χ1n) is 11.3. The van der Waals surface area contributed by atoms with Crippen molar-refractivity contribution in [2.75, 3.05) is 13.1 Å². The molecule has 7 nitrogen and oxygen atoms in total. The molecule has 8 heteroatoms. The van der Waals surface area contributed by atoms with E-state index in [1.54, 1.807) is 6.07 Å². The molecule has 3 aliphatic rings. The van der Waals surface area contributed by atoms with E-state index in [9.17, 15) is 13.0 Å². The molecular weight excluding hydrogens is 426 g/mol. The number of hydrogen-bond donors (Lipinski definition) is 1. The van der Waals surface area contributed by atoms with Gasteiger partial charge in [-0.3, -0.25) is 9.45 Å². The zero-order valence-electron chi connectivity index (χ0n) is 18.6. The lowest BCUT2D eigenvalue weighted by Crippen LogP contribution is -2.50. The van der Waals surface area contributed by atoms with Gasteiger partial charge in [0, 0.05) is 23.0 Å². The normalized spacial score (nSPS) is 25.1. The van der Waals surface area contributed by atoms with Crippen molar-refractivity contribution >= 4 is 26.7 Å².